The molecule has 0 saturated carbocycles. The molecule has 1 rings (SSSR count). The van der Waals surface area contributed by atoms with Gasteiger partial charge in [0.05, 0.1) is 13.2 Å². The van der Waals surface area contributed by atoms with E-state index in [9.17, 15) is 4.39 Å². The van der Waals surface area contributed by atoms with Crippen LogP contribution in [-0.4, -0.2) is 49.7 Å². The first-order valence-electron chi connectivity index (χ1n) is 10.2. The van der Waals surface area contributed by atoms with Crippen LogP contribution in [0.3, 0.4) is 0 Å². The first kappa shape index (κ1) is 23.2. The van der Waals surface area contributed by atoms with Gasteiger partial charge in [0.15, 0.2) is 17.5 Å². The highest BCUT2D eigenvalue weighted by Gasteiger charge is 2.08. The van der Waals surface area contributed by atoms with E-state index < -0.39 is 0 Å². The lowest BCUT2D eigenvalue weighted by atomic mass is 10.2. The maximum Gasteiger partial charge on any atom is 0.191 e. The second-order valence-electron chi connectivity index (χ2n) is 6.61. The predicted molar refractivity (Wildman–Crippen MR) is 112 cm³/mol. The number of hydrogen-bond donors (Lipinski definition) is 2. The van der Waals surface area contributed by atoms with Gasteiger partial charge < -0.3 is 20.3 Å². The lowest BCUT2D eigenvalue weighted by Crippen LogP contribution is -2.42. The Hall–Kier alpha value is -1.82. The number of benzene rings is 1. The van der Waals surface area contributed by atoms with Crippen LogP contribution in [0.4, 0.5) is 4.39 Å². The van der Waals surface area contributed by atoms with Crippen molar-refractivity contribution in [3.63, 3.8) is 0 Å². The fraction of sp³-hybridized carbons (Fsp3) is 0.667. The van der Waals surface area contributed by atoms with Crippen molar-refractivity contribution in [2.75, 3.05) is 32.8 Å². The molecule has 6 heteroatoms. The lowest BCUT2D eigenvalue weighted by molar-refractivity contribution is 0.292. The predicted octanol–water partition coefficient (Wildman–Crippen LogP) is 3.79. The SMILES string of the molecule is CCNC(=NCc1ccc(OCC)c(F)c1)NC(C)CCCN(CC)CC. The monoisotopic (exact) mass is 380 g/mol. The third-order valence-corrected chi connectivity index (χ3v) is 4.45. The summed E-state index contributed by atoms with van der Waals surface area (Å²) in [5.41, 5.74) is 0.822. The highest BCUT2D eigenvalue weighted by atomic mass is 19.1. The number of hydrogen-bond acceptors (Lipinski definition) is 3. The molecule has 1 atom stereocenters. The van der Waals surface area contributed by atoms with Crippen LogP contribution in [0.2, 0.25) is 0 Å². The third-order valence-electron chi connectivity index (χ3n) is 4.45. The molecular formula is C21H37FN4O. The van der Waals surface area contributed by atoms with Gasteiger partial charge in [-0.25, -0.2) is 9.38 Å². The number of aliphatic imine (C=N–C) groups is 1. The minimum absolute atomic E-state index is 0.289. The molecule has 0 radical (unpaired) electrons. The van der Waals surface area contributed by atoms with Gasteiger partial charge in [0, 0.05) is 12.6 Å². The second kappa shape index (κ2) is 13.4. The molecule has 0 aliphatic rings. The van der Waals surface area contributed by atoms with Crippen molar-refractivity contribution in [3.05, 3.63) is 29.6 Å². The fourth-order valence-corrected chi connectivity index (χ4v) is 2.87. The summed E-state index contributed by atoms with van der Waals surface area (Å²) in [5, 5.41) is 6.71. The van der Waals surface area contributed by atoms with Gasteiger partial charge in [0.25, 0.3) is 0 Å². The smallest absolute Gasteiger partial charge is 0.191 e. The summed E-state index contributed by atoms with van der Waals surface area (Å²) in [6.07, 6.45) is 2.23. The van der Waals surface area contributed by atoms with Crippen LogP contribution < -0.4 is 15.4 Å². The van der Waals surface area contributed by atoms with Gasteiger partial charge in [0.2, 0.25) is 0 Å². The van der Waals surface area contributed by atoms with Crippen LogP contribution in [0.25, 0.3) is 0 Å². The van der Waals surface area contributed by atoms with Gasteiger partial charge in [-0.2, -0.15) is 0 Å². The fourth-order valence-electron chi connectivity index (χ4n) is 2.87. The Bertz CT molecular complexity index is 561. The third kappa shape index (κ3) is 9.09. The Morgan fingerprint density at radius 1 is 1.22 bits per heavy atom. The molecule has 0 spiro atoms. The Morgan fingerprint density at radius 3 is 2.56 bits per heavy atom. The molecule has 0 fully saturated rings. The molecule has 0 heterocycles. The molecule has 5 nitrogen and oxygen atoms in total. The molecule has 2 N–H and O–H groups in total. The van der Waals surface area contributed by atoms with Gasteiger partial charge in [-0.05, 0) is 70.9 Å². The largest absolute Gasteiger partial charge is 0.491 e. The van der Waals surface area contributed by atoms with E-state index >= 15 is 0 Å². The molecule has 0 aliphatic carbocycles. The molecule has 0 bridgehead atoms. The minimum atomic E-state index is -0.340. The topological polar surface area (TPSA) is 48.9 Å². The zero-order chi connectivity index (χ0) is 20.1. The summed E-state index contributed by atoms with van der Waals surface area (Å²) in [4.78, 5) is 7.03. The summed E-state index contributed by atoms with van der Waals surface area (Å²) < 4.78 is 19.2. The van der Waals surface area contributed by atoms with E-state index in [1.807, 2.05) is 19.9 Å². The highest BCUT2D eigenvalue weighted by molar-refractivity contribution is 5.80. The van der Waals surface area contributed by atoms with Crippen molar-refractivity contribution in [1.29, 1.82) is 0 Å². The molecule has 0 saturated heterocycles. The Kier molecular flexibility index (Phi) is 11.5. The van der Waals surface area contributed by atoms with Crippen molar-refractivity contribution < 1.29 is 9.13 Å². The normalized spacial score (nSPS) is 12.9. The molecule has 27 heavy (non-hydrogen) atoms. The summed E-state index contributed by atoms with van der Waals surface area (Å²) in [5.74, 6) is 0.714. The van der Waals surface area contributed by atoms with E-state index in [0.29, 0.717) is 19.2 Å². The van der Waals surface area contributed by atoms with Crippen molar-refractivity contribution in [3.8, 4) is 5.75 Å². The summed E-state index contributed by atoms with van der Waals surface area (Å²) >= 11 is 0. The van der Waals surface area contributed by atoms with Crippen LogP contribution in [0.5, 0.6) is 5.75 Å². The Morgan fingerprint density at radius 2 is 1.96 bits per heavy atom. The molecule has 0 aromatic heterocycles. The van der Waals surface area contributed by atoms with E-state index in [1.165, 1.54) is 6.07 Å². The number of ether oxygens (including phenoxy) is 1. The number of nitrogens with zero attached hydrogens (tertiary/aromatic N) is 2. The second-order valence-corrected chi connectivity index (χ2v) is 6.61. The number of nitrogens with one attached hydrogen (secondary N) is 2. The first-order valence-corrected chi connectivity index (χ1v) is 10.2. The van der Waals surface area contributed by atoms with Gasteiger partial charge in [0.1, 0.15) is 0 Å². The van der Waals surface area contributed by atoms with E-state index in [-0.39, 0.29) is 11.6 Å². The van der Waals surface area contributed by atoms with Crippen molar-refractivity contribution in [1.82, 2.24) is 15.5 Å². The minimum Gasteiger partial charge on any atom is -0.491 e. The zero-order valence-corrected chi connectivity index (χ0v) is 17.6. The molecule has 0 amide bonds. The number of guanidine groups is 1. The van der Waals surface area contributed by atoms with Crippen LogP contribution >= 0.6 is 0 Å². The van der Waals surface area contributed by atoms with Crippen LogP contribution in [0.15, 0.2) is 23.2 Å². The average Bonchev–Trinajstić information content (AvgIpc) is 2.65. The maximum atomic E-state index is 14.0. The van der Waals surface area contributed by atoms with Gasteiger partial charge in [-0.3, -0.25) is 0 Å². The van der Waals surface area contributed by atoms with Crippen molar-refractivity contribution in [2.24, 2.45) is 4.99 Å². The molecule has 0 aliphatic heterocycles. The Labute approximate surface area is 164 Å². The van der Waals surface area contributed by atoms with E-state index in [4.69, 9.17) is 4.74 Å². The summed E-state index contributed by atoms with van der Waals surface area (Å²) in [6, 6.07) is 5.34. The number of halogens is 1. The van der Waals surface area contributed by atoms with Crippen LogP contribution in [0, 0.1) is 5.82 Å². The maximum absolute atomic E-state index is 14.0. The molecule has 154 valence electrons. The van der Waals surface area contributed by atoms with Crippen LogP contribution in [0.1, 0.15) is 53.0 Å². The van der Waals surface area contributed by atoms with E-state index in [1.54, 1.807) is 6.07 Å². The van der Waals surface area contributed by atoms with Gasteiger partial charge in [-0.15, -0.1) is 0 Å². The summed E-state index contributed by atoms with van der Waals surface area (Å²) in [7, 11) is 0. The van der Waals surface area contributed by atoms with E-state index in [0.717, 1.165) is 50.5 Å². The van der Waals surface area contributed by atoms with Crippen LogP contribution in [-0.2, 0) is 6.54 Å². The quantitative estimate of drug-likeness (QED) is 0.428. The lowest BCUT2D eigenvalue weighted by Gasteiger charge is -2.21. The first-order chi connectivity index (χ1) is 13.0. The molecule has 1 aromatic rings. The zero-order valence-electron chi connectivity index (χ0n) is 17.6. The van der Waals surface area contributed by atoms with Gasteiger partial charge >= 0.3 is 0 Å². The molecule has 1 aromatic carbocycles. The molecule has 1 unspecified atom stereocenters. The van der Waals surface area contributed by atoms with Crippen molar-refractivity contribution >= 4 is 5.96 Å². The standard InChI is InChI=1S/C21H37FN4O/c1-6-23-21(25-17(5)11-10-14-26(7-2)8-3)24-16-18-12-13-20(27-9-4)19(22)15-18/h12-13,15,17H,6-11,14,16H2,1-5H3,(H2,23,24,25). The summed E-state index contributed by atoms with van der Waals surface area (Å²) in [6.45, 7) is 15.4. The van der Waals surface area contributed by atoms with Crippen molar-refractivity contribution in [2.45, 2.75) is 60.0 Å². The highest BCUT2D eigenvalue weighted by Crippen LogP contribution is 2.18. The number of rotatable bonds is 12. The van der Waals surface area contributed by atoms with E-state index in [2.05, 4.69) is 41.3 Å². The Balaban J connectivity index is 2.57. The average molecular weight is 381 g/mol. The molecular weight excluding hydrogens is 343 g/mol. The van der Waals surface area contributed by atoms with Gasteiger partial charge in [-0.1, -0.05) is 19.9 Å².